The molecule has 0 unspecified atom stereocenters. The number of para-hydroxylation sites is 1. The van der Waals surface area contributed by atoms with Crippen molar-refractivity contribution in [2.45, 2.75) is 26.0 Å². The maximum atomic E-state index is 9.96. The Morgan fingerprint density at radius 3 is 2.87 bits per heavy atom. The highest BCUT2D eigenvalue weighted by Crippen LogP contribution is 2.20. The van der Waals surface area contributed by atoms with Crippen molar-refractivity contribution in [3.63, 3.8) is 0 Å². The molecule has 8 heteroatoms. The predicted molar refractivity (Wildman–Crippen MR) is 116 cm³/mol. The Labute approximate surface area is 175 Å². The third-order valence-corrected chi connectivity index (χ3v) is 4.76. The van der Waals surface area contributed by atoms with Gasteiger partial charge in [0, 0.05) is 42.5 Å². The first-order chi connectivity index (χ1) is 14.5. The maximum Gasteiger partial charge on any atom is 0.319 e. The van der Waals surface area contributed by atoms with Crippen molar-refractivity contribution in [2.24, 2.45) is 4.99 Å². The number of ether oxygens (including phenoxy) is 2. The topological polar surface area (TPSA) is 95.9 Å². The summed E-state index contributed by atoms with van der Waals surface area (Å²) in [5.74, 6) is 0.771. The number of aliphatic imine (C=N–C) groups is 1. The Morgan fingerprint density at radius 2 is 2.07 bits per heavy atom. The summed E-state index contributed by atoms with van der Waals surface area (Å²) in [7, 11) is 0. The van der Waals surface area contributed by atoms with Gasteiger partial charge in [0.25, 0.3) is 0 Å². The minimum absolute atomic E-state index is 0.103. The Balaban J connectivity index is 1.54. The van der Waals surface area contributed by atoms with Crippen molar-refractivity contribution in [1.29, 1.82) is 0 Å². The van der Waals surface area contributed by atoms with Crippen LogP contribution >= 0.6 is 0 Å². The molecule has 0 bridgehead atoms. The van der Waals surface area contributed by atoms with Gasteiger partial charge in [-0.3, -0.25) is 4.99 Å². The molecule has 1 aliphatic heterocycles. The molecule has 3 aromatic rings. The van der Waals surface area contributed by atoms with Crippen molar-refractivity contribution >= 4 is 22.9 Å². The maximum absolute atomic E-state index is 9.96. The molecule has 30 heavy (non-hydrogen) atoms. The van der Waals surface area contributed by atoms with Crippen LogP contribution in [0.1, 0.15) is 25.1 Å². The normalized spacial score (nSPS) is 15.2. The minimum atomic E-state index is -0.970. The van der Waals surface area contributed by atoms with Crippen molar-refractivity contribution in [3.05, 3.63) is 47.8 Å². The average Bonchev–Trinajstić information content (AvgIpc) is 3.16. The SMILES string of the molecule is CC(C)(O)COc1nc(C=NCc2c[nH]c3ccccc23)cc(N2CCOCC2)n1. The van der Waals surface area contributed by atoms with E-state index < -0.39 is 5.60 Å². The molecule has 1 saturated heterocycles. The van der Waals surface area contributed by atoms with Gasteiger partial charge in [0.1, 0.15) is 12.4 Å². The number of hydrogen-bond acceptors (Lipinski definition) is 7. The highest BCUT2D eigenvalue weighted by molar-refractivity contribution is 5.83. The lowest BCUT2D eigenvalue weighted by Gasteiger charge is -2.28. The van der Waals surface area contributed by atoms with Gasteiger partial charge in [-0.05, 0) is 25.5 Å². The number of morpholine rings is 1. The van der Waals surface area contributed by atoms with Crippen LogP contribution in [0, 0.1) is 0 Å². The molecule has 1 fully saturated rings. The Morgan fingerprint density at radius 1 is 1.27 bits per heavy atom. The third-order valence-electron chi connectivity index (χ3n) is 4.76. The number of H-pyrrole nitrogens is 1. The first kappa shape index (κ1) is 20.3. The van der Waals surface area contributed by atoms with E-state index in [2.05, 4.69) is 30.9 Å². The number of hydrogen-bond donors (Lipinski definition) is 2. The van der Waals surface area contributed by atoms with Crippen molar-refractivity contribution in [2.75, 3.05) is 37.8 Å². The standard InChI is InChI=1S/C22H27N5O3/c1-22(2,28)15-30-21-25-17(11-20(26-21)27-7-9-29-10-8-27)14-23-12-16-13-24-19-6-4-3-5-18(16)19/h3-6,11,13-14,24,28H,7-10,12,15H2,1-2H3. The first-order valence-electron chi connectivity index (χ1n) is 10.1. The summed E-state index contributed by atoms with van der Waals surface area (Å²) < 4.78 is 11.1. The molecule has 0 atom stereocenters. The van der Waals surface area contributed by atoms with Gasteiger partial charge < -0.3 is 24.5 Å². The second-order valence-electron chi connectivity index (χ2n) is 7.96. The van der Waals surface area contributed by atoms with Gasteiger partial charge in [0.15, 0.2) is 0 Å². The zero-order valence-electron chi connectivity index (χ0n) is 17.3. The fourth-order valence-corrected chi connectivity index (χ4v) is 3.26. The molecule has 8 nitrogen and oxygen atoms in total. The second kappa shape index (κ2) is 8.81. The molecular formula is C22H27N5O3. The van der Waals surface area contributed by atoms with Gasteiger partial charge in [0.2, 0.25) is 0 Å². The molecule has 1 aromatic carbocycles. The number of rotatable bonds is 7. The van der Waals surface area contributed by atoms with Crippen molar-refractivity contribution < 1.29 is 14.6 Å². The number of anilines is 1. The van der Waals surface area contributed by atoms with Crippen LogP contribution in [0.25, 0.3) is 10.9 Å². The number of nitrogens with zero attached hydrogens (tertiary/aromatic N) is 4. The molecule has 0 amide bonds. The van der Waals surface area contributed by atoms with Crippen molar-refractivity contribution in [3.8, 4) is 6.01 Å². The highest BCUT2D eigenvalue weighted by atomic mass is 16.5. The van der Waals surface area contributed by atoms with E-state index in [9.17, 15) is 5.11 Å². The summed E-state index contributed by atoms with van der Waals surface area (Å²) in [5, 5.41) is 11.1. The van der Waals surface area contributed by atoms with Crippen molar-refractivity contribution in [1.82, 2.24) is 15.0 Å². The Kier molecular flexibility index (Phi) is 5.96. The van der Waals surface area contributed by atoms with Crippen LogP contribution in [-0.2, 0) is 11.3 Å². The van der Waals surface area contributed by atoms with E-state index >= 15 is 0 Å². The van der Waals surface area contributed by atoms with E-state index in [1.54, 1.807) is 20.1 Å². The van der Waals surface area contributed by atoms with Crippen LogP contribution in [0.4, 0.5) is 5.82 Å². The van der Waals surface area contributed by atoms with Gasteiger partial charge in [-0.15, -0.1) is 0 Å². The number of benzene rings is 1. The van der Waals surface area contributed by atoms with Crippen LogP contribution in [0.15, 0.2) is 41.5 Å². The summed E-state index contributed by atoms with van der Waals surface area (Å²) >= 11 is 0. The summed E-state index contributed by atoms with van der Waals surface area (Å²) in [4.78, 5) is 19.0. The first-order valence-corrected chi connectivity index (χ1v) is 10.1. The molecule has 2 N–H and O–H groups in total. The summed E-state index contributed by atoms with van der Waals surface area (Å²) in [6, 6.07) is 10.3. The third kappa shape index (κ3) is 5.14. The predicted octanol–water partition coefficient (Wildman–Crippen LogP) is 2.56. The molecule has 3 heterocycles. The number of fused-ring (bicyclic) bond motifs is 1. The Hall–Kier alpha value is -2.97. The second-order valence-corrected chi connectivity index (χ2v) is 7.96. The number of aromatic amines is 1. The van der Waals surface area contributed by atoms with Crippen LogP contribution < -0.4 is 9.64 Å². The molecule has 0 radical (unpaired) electrons. The van der Waals surface area contributed by atoms with E-state index in [0.717, 1.165) is 30.0 Å². The lowest BCUT2D eigenvalue weighted by atomic mass is 10.2. The number of aromatic nitrogens is 3. The minimum Gasteiger partial charge on any atom is -0.460 e. The van der Waals surface area contributed by atoms with Gasteiger partial charge in [0.05, 0.1) is 31.1 Å². The average molecular weight is 409 g/mol. The van der Waals surface area contributed by atoms with E-state index in [4.69, 9.17) is 9.47 Å². The number of aliphatic hydroxyl groups is 1. The fraction of sp³-hybridized carbons (Fsp3) is 0.409. The molecule has 0 spiro atoms. The monoisotopic (exact) mass is 409 g/mol. The summed E-state index contributed by atoms with van der Waals surface area (Å²) in [6.45, 7) is 6.85. The van der Waals surface area contributed by atoms with E-state index in [1.807, 2.05) is 30.5 Å². The summed E-state index contributed by atoms with van der Waals surface area (Å²) in [5.41, 5.74) is 1.92. The van der Waals surface area contributed by atoms with Crippen LogP contribution in [0.2, 0.25) is 0 Å². The van der Waals surface area contributed by atoms with Crippen LogP contribution in [-0.4, -0.2) is 64.8 Å². The molecular weight excluding hydrogens is 382 g/mol. The molecule has 4 rings (SSSR count). The molecule has 0 saturated carbocycles. The highest BCUT2D eigenvalue weighted by Gasteiger charge is 2.18. The molecule has 2 aromatic heterocycles. The smallest absolute Gasteiger partial charge is 0.319 e. The van der Waals surface area contributed by atoms with Gasteiger partial charge in [-0.2, -0.15) is 9.97 Å². The van der Waals surface area contributed by atoms with E-state index in [-0.39, 0.29) is 12.6 Å². The lowest BCUT2D eigenvalue weighted by molar-refractivity contribution is 0.0250. The molecule has 158 valence electrons. The van der Waals surface area contributed by atoms with Gasteiger partial charge in [-0.1, -0.05) is 18.2 Å². The van der Waals surface area contributed by atoms with E-state index in [0.29, 0.717) is 25.5 Å². The lowest BCUT2D eigenvalue weighted by Crippen LogP contribution is -2.37. The quantitative estimate of drug-likeness (QED) is 0.583. The largest absolute Gasteiger partial charge is 0.460 e. The van der Waals surface area contributed by atoms with Gasteiger partial charge in [-0.25, -0.2) is 0 Å². The molecule has 1 aliphatic rings. The van der Waals surface area contributed by atoms with Crippen LogP contribution in [0.3, 0.4) is 0 Å². The fourth-order valence-electron chi connectivity index (χ4n) is 3.26. The summed E-state index contributed by atoms with van der Waals surface area (Å²) in [6.07, 6.45) is 3.73. The molecule has 0 aliphatic carbocycles. The Bertz CT molecular complexity index is 1020. The zero-order valence-corrected chi connectivity index (χ0v) is 17.3. The van der Waals surface area contributed by atoms with Crippen LogP contribution in [0.5, 0.6) is 6.01 Å². The zero-order chi connectivity index (χ0) is 21.0. The van der Waals surface area contributed by atoms with Gasteiger partial charge >= 0.3 is 6.01 Å². The van der Waals surface area contributed by atoms with E-state index in [1.165, 1.54) is 5.39 Å². The number of nitrogens with one attached hydrogen (secondary N) is 1.